The summed E-state index contributed by atoms with van der Waals surface area (Å²) in [6, 6.07) is 15.8. The first-order valence-electron chi connectivity index (χ1n) is 9.49. The monoisotopic (exact) mass is 458 g/mol. The molecule has 1 fully saturated rings. The number of carbonyl (C=O) groups excluding carboxylic acids is 2. The molecule has 0 aliphatic carbocycles. The number of halogens is 3. The number of imide groups is 1. The van der Waals surface area contributed by atoms with Gasteiger partial charge in [-0.2, -0.15) is 13.2 Å². The second-order valence-electron chi connectivity index (χ2n) is 7.03. The minimum Gasteiger partial charge on any atom is -0.384 e. The van der Waals surface area contributed by atoms with Crippen LogP contribution in [-0.2, 0) is 11.3 Å². The van der Waals surface area contributed by atoms with Gasteiger partial charge in [-0.15, -0.1) is 0 Å². The molecule has 0 radical (unpaired) electrons. The van der Waals surface area contributed by atoms with Gasteiger partial charge in [-0.1, -0.05) is 30.3 Å². The number of nitrogen functional groups attached to an aromatic ring is 1. The van der Waals surface area contributed by atoms with Crippen LogP contribution >= 0.6 is 11.8 Å². The van der Waals surface area contributed by atoms with Crippen LogP contribution in [0.2, 0.25) is 0 Å². The molecule has 3 amide bonds. The highest BCUT2D eigenvalue weighted by atomic mass is 32.2. The third-order valence-corrected chi connectivity index (χ3v) is 5.58. The second-order valence-corrected chi connectivity index (χ2v) is 8.17. The van der Waals surface area contributed by atoms with E-state index >= 15 is 0 Å². The summed E-state index contributed by atoms with van der Waals surface area (Å²) < 4.78 is 37.9. The number of hydrogen-bond acceptors (Lipinski definition) is 5. The van der Waals surface area contributed by atoms with Crippen LogP contribution in [0.25, 0.3) is 0 Å². The van der Waals surface area contributed by atoms with E-state index in [1.807, 2.05) is 0 Å². The van der Waals surface area contributed by atoms with Gasteiger partial charge in [0.1, 0.15) is 11.9 Å². The number of alkyl halides is 3. The van der Waals surface area contributed by atoms with E-state index in [0.717, 1.165) is 4.90 Å². The van der Waals surface area contributed by atoms with Gasteiger partial charge < -0.3 is 10.6 Å². The Labute approximate surface area is 185 Å². The molecule has 10 heteroatoms. The quantitative estimate of drug-likeness (QED) is 0.431. The van der Waals surface area contributed by atoms with Crippen molar-refractivity contribution in [2.45, 2.75) is 23.0 Å². The molecule has 1 aliphatic rings. The van der Waals surface area contributed by atoms with E-state index in [4.69, 9.17) is 5.73 Å². The number of urea groups is 1. The minimum atomic E-state index is -4.43. The summed E-state index contributed by atoms with van der Waals surface area (Å²) >= 11 is -0.262. The lowest BCUT2D eigenvalue weighted by atomic mass is 10.1. The van der Waals surface area contributed by atoms with E-state index < -0.39 is 23.5 Å². The minimum absolute atomic E-state index is 0.0379. The molecule has 0 bridgehead atoms. The maximum atomic E-state index is 13.3. The predicted octanol–water partition coefficient (Wildman–Crippen LogP) is 4.99. The molecule has 3 aromatic rings. The van der Waals surface area contributed by atoms with Gasteiger partial charge in [-0.05, 0) is 59.3 Å². The summed E-state index contributed by atoms with van der Waals surface area (Å²) in [4.78, 5) is 32.9. The van der Waals surface area contributed by atoms with Crippen molar-refractivity contribution in [3.63, 3.8) is 0 Å². The number of nitrogens with zero attached hydrogens (tertiary/aromatic N) is 3. The smallest absolute Gasteiger partial charge is 0.384 e. The molecular weight excluding hydrogens is 441 g/mol. The summed E-state index contributed by atoms with van der Waals surface area (Å²) in [7, 11) is 0. The van der Waals surface area contributed by atoms with Crippen LogP contribution in [0, 0.1) is 0 Å². The van der Waals surface area contributed by atoms with Gasteiger partial charge >= 0.3 is 11.5 Å². The van der Waals surface area contributed by atoms with Gasteiger partial charge in [0.25, 0.3) is 5.91 Å². The molecule has 2 heterocycles. The number of nitrogens with two attached hydrogens (primary N) is 1. The molecular formula is C22H17F3N4O2S. The lowest BCUT2D eigenvalue weighted by Gasteiger charge is -2.22. The number of anilines is 2. The van der Waals surface area contributed by atoms with Crippen LogP contribution in [-0.4, -0.2) is 27.3 Å². The number of amides is 3. The molecule has 1 aliphatic heterocycles. The van der Waals surface area contributed by atoms with Crippen LogP contribution in [0.4, 0.5) is 29.5 Å². The van der Waals surface area contributed by atoms with Crippen molar-refractivity contribution in [1.82, 2.24) is 9.88 Å². The molecule has 6 nitrogen and oxygen atoms in total. The molecule has 0 unspecified atom stereocenters. The summed E-state index contributed by atoms with van der Waals surface area (Å²) in [5, 5.41) is 0. The Kier molecular flexibility index (Phi) is 5.79. The first-order valence-corrected chi connectivity index (χ1v) is 10.3. The van der Waals surface area contributed by atoms with E-state index in [2.05, 4.69) is 4.98 Å². The molecule has 2 aromatic carbocycles. The molecule has 2 N–H and O–H groups in total. The normalized spacial score (nSPS) is 16.7. The fraction of sp³-hybridized carbons (Fsp3) is 0.136. The van der Waals surface area contributed by atoms with Crippen molar-refractivity contribution in [3.8, 4) is 0 Å². The first kappa shape index (κ1) is 21.7. The van der Waals surface area contributed by atoms with E-state index in [1.165, 1.54) is 35.4 Å². The fourth-order valence-electron chi connectivity index (χ4n) is 3.53. The molecule has 1 aromatic heterocycles. The van der Waals surface area contributed by atoms with Crippen molar-refractivity contribution in [2.24, 2.45) is 0 Å². The largest absolute Gasteiger partial charge is 0.446 e. The van der Waals surface area contributed by atoms with Crippen LogP contribution in [0.1, 0.15) is 17.2 Å². The molecule has 4 rings (SSSR count). The second kappa shape index (κ2) is 8.54. The van der Waals surface area contributed by atoms with Crippen molar-refractivity contribution >= 4 is 35.2 Å². The summed E-state index contributed by atoms with van der Waals surface area (Å²) in [6.07, 6.45) is 1.51. The number of pyridine rings is 1. The lowest BCUT2D eigenvalue weighted by molar-refractivity contribution is -0.120. The Morgan fingerprint density at radius 3 is 2.31 bits per heavy atom. The van der Waals surface area contributed by atoms with E-state index in [-0.39, 0.29) is 34.7 Å². The Morgan fingerprint density at radius 2 is 1.69 bits per heavy atom. The molecule has 32 heavy (non-hydrogen) atoms. The Bertz CT molecular complexity index is 1140. The zero-order valence-electron chi connectivity index (χ0n) is 16.5. The van der Waals surface area contributed by atoms with E-state index in [9.17, 15) is 22.8 Å². The SMILES string of the molecule is Nc1cc(CN2C(=O)N(c3ccc(SC(F)(F)F)cc3)C(=O)[C@@H]2c2ccccc2)ccn1. The van der Waals surface area contributed by atoms with E-state index in [1.54, 1.807) is 42.5 Å². The van der Waals surface area contributed by atoms with Crippen LogP contribution in [0.15, 0.2) is 77.8 Å². The lowest BCUT2D eigenvalue weighted by Crippen LogP contribution is -2.32. The molecule has 0 spiro atoms. The topological polar surface area (TPSA) is 79.5 Å². The number of thioether (sulfide) groups is 1. The highest BCUT2D eigenvalue weighted by Gasteiger charge is 2.46. The van der Waals surface area contributed by atoms with Gasteiger partial charge in [-0.25, -0.2) is 14.7 Å². The average Bonchev–Trinajstić information content (AvgIpc) is 2.98. The fourth-order valence-corrected chi connectivity index (χ4v) is 4.07. The first-order chi connectivity index (χ1) is 15.2. The Morgan fingerprint density at radius 1 is 1.00 bits per heavy atom. The van der Waals surface area contributed by atoms with E-state index in [0.29, 0.717) is 11.1 Å². The number of aromatic nitrogens is 1. The van der Waals surface area contributed by atoms with Gasteiger partial charge in [-0.3, -0.25) is 4.79 Å². The molecule has 1 atom stereocenters. The number of benzene rings is 2. The highest BCUT2D eigenvalue weighted by molar-refractivity contribution is 8.00. The van der Waals surface area contributed by atoms with Crippen molar-refractivity contribution in [1.29, 1.82) is 0 Å². The Hall–Kier alpha value is -3.53. The van der Waals surface area contributed by atoms with Crippen LogP contribution in [0.3, 0.4) is 0 Å². The molecule has 164 valence electrons. The average molecular weight is 458 g/mol. The summed E-state index contributed by atoms with van der Waals surface area (Å²) in [5.41, 5.74) is 2.83. The van der Waals surface area contributed by atoms with Gasteiger partial charge in [0.2, 0.25) is 0 Å². The third kappa shape index (κ3) is 4.54. The maximum absolute atomic E-state index is 13.3. The standard InChI is InChI=1S/C22H17F3N4O2S/c23-22(24,25)32-17-8-6-16(7-9-17)29-20(30)19(15-4-2-1-3-5-15)28(21(29)31)13-14-10-11-27-18(26)12-14/h1-12,19H,13H2,(H2,26,27)/t19-/m0/s1. The molecule has 1 saturated heterocycles. The van der Waals surface area contributed by atoms with Crippen molar-refractivity contribution < 1.29 is 22.8 Å². The van der Waals surface area contributed by atoms with Crippen molar-refractivity contribution in [3.05, 3.63) is 84.1 Å². The maximum Gasteiger partial charge on any atom is 0.446 e. The number of carbonyl (C=O) groups is 2. The molecule has 0 saturated carbocycles. The van der Waals surface area contributed by atoms with Gasteiger partial charge in [0.15, 0.2) is 0 Å². The van der Waals surface area contributed by atoms with Crippen LogP contribution in [0.5, 0.6) is 0 Å². The zero-order chi connectivity index (χ0) is 22.9. The number of rotatable bonds is 5. The van der Waals surface area contributed by atoms with Crippen LogP contribution < -0.4 is 10.6 Å². The van der Waals surface area contributed by atoms with Crippen molar-refractivity contribution in [2.75, 3.05) is 10.6 Å². The summed E-state index contributed by atoms with van der Waals surface area (Å²) in [5.74, 6) is -0.203. The van der Waals surface area contributed by atoms with Gasteiger partial charge in [0.05, 0.1) is 5.69 Å². The Balaban J connectivity index is 1.68. The summed E-state index contributed by atoms with van der Waals surface area (Å²) in [6.45, 7) is 0.107. The zero-order valence-corrected chi connectivity index (χ0v) is 17.3. The predicted molar refractivity (Wildman–Crippen MR) is 115 cm³/mol. The number of hydrogen-bond donors (Lipinski definition) is 1. The third-order valence-electron chi connectivity index (χ3n) is 4.85. The van der Waals surface area contributed by atoms with Gasteiger partial charge in [0, 0.05) is 17.6 Å². The highest BCUT2D eigenvalue weighted by Crippen LogP contribution is 2.39.